The van der Waals surface area contributed by atoms with Crippen LogP contribution in [0.25, 0.3) is 0 Å². The first-order chi connectivity index (χ1) is 6.13. The topological polar surface area (TPSA) is 37.3 Å². The first-order valence-corrected chi connectivity index (χ1v) is 5.35. The van der Waals surface area contributed by atoms with Crippen LogP contribution in [0.4, 0.5) is 0 Å². The molecule has 4 aliphatic rings. The van der Waals surface area contributed by atoms with Gasteiger partial charge in [-0.05, 0) is 24.7 Å². The van der Waals surface area contributed by atoms with Gasteiger partial charge in [0.05, 0.1) is 11.5 Å². The van der Waals surface area contributed by atoms with Crippen LogP contribution in [0, 0.1) is 16.7 Å². The van der Waals surface area contributed by atoms with Gasteiger partial charge >= 0.3 is 0 Å². The van der Waals surface area contributed by atoms with Gasteiger partial charge in [-0.3, -0.25) is 4.79 Å². The fraction of sp³-hybridized carbons (Fsp3) is 0.909. The van der Waals surface area contributed by atoms with Crippen molar-refractivity contribution >= 4 is 5.78 Å². The summed E-state index contributed by atoms with van der Waals surface area (Å²) < 4.78 is 0. The fourth-order valence-electron chi connectivity index (χ4n) is 4.32. The molecule has 0 unspecified atom stereocenters. The molecule has 0 aromatic rings. The smallest absolute Gasteiger partial charge is 0.145 e. The molecule has 2 nitrogen and oxygen atoms in total. The summed E-state index contributed by atoms with van der Waals surface area (Å²) in [4.78, 5) is 11.8. The summed E-state index contributed by atoms with van der Waals surface area (Å²) >= 11 is 0. The minimum atomic E-state index is -0.324. The predicted octanol–water partition coefficient (Wildman–Crippen LogP) is 1.52. The van der Waals surface area contributed by atoms with Crippen LogP contribution in [-0.4, -0.2) is 17.0 Å². The SMILES string of the molecule is C[C@]12CCCC[C@@]13C(=O)[C@@H]2C[C@H]3O. The molecule has 4 fully saturated rings. The van der Waals surface area contributed by atoms with Crippen molar-refractivity contribution in [2.24, 2.45) is 16.7 Å². The molecule has 1 spiro atoms. The number of hydrogen-bond donors (Lipinski definition) is 1. The maximum Gasteiger partial charge on any atom is 0.145 e. The van der Waals surface area contributed by atoms with Gasteiger partial charge in [0, 0.05) is 5.92 Å². The van der Waals surface area contributed by atoms with E-state index in [9.17, 15) is 9.90 Å². The molecule has 72 valence electrons. The molecule has 0 radical (unpaired) electrons. The Morgan fingerprint density at radius 1 is 1.38 bits per heavy atom. The maximum atomic E-state index is 11.8. The van der Waals surface area contributed by atoms with E-state index in [-0.39, 0.29) is 22.9 Å². The van der Waals surface area contributed by atoms with Gasteiger partial charge in [0.1, 0.15) is 5.78 Å². The number of hydrogen-bond acceptors (Lipinski definition) is 2. The summed E-state index contributed by atoms with van der Waals surface area (Å²) in [5.74, 6) is 0.574. The number of fused-ring (bicyclic) bond motifs is 1. The third-order valence-electron chi connectivity index (χ3n) is 5.09. The van der Waals surface area contributed by atoms with Gasteiger partial charge in [0.2, 0.25) is 0 Å². The number of rotatable bonds is 0. The van der Waals surface area contributed by atoms with Crippen molar-refractivity contribution in [3.8, 4) is 0 Å². The minimum Gasteiger partial charge on any atom is -0.392 e. The quantitative estimate of drug-likeness (QED) is 0.613. The van der Waals surface area contributed by atoms with E-state index in [0.29, 0.717) is 5.78 Å². The Morgan fingerprint density at radius 3 is 2.69 bits per heavy atom. The van der Waals surface area contributed by atoms with Crippen molar-refractivity contribution in [1.82, 2.24) is 0 Å². The van der Waals surface area contributed by atoms with E-state index >= 15 is 0 Å². The van der Waals surface area contributed by atoms with Crippen LogP contribution in [-0.2, 0) is 4.79 Å². The van der Waals surface area contributed by atoms with E-state index in [1.54, 1.807) is 0 Å². The van der Waals surface area contributed by atoms with Crippen molar-refractivity contribution in [1.29, 1.82) is 0 Å². The zero-order valence-corrected chi connectivity index (χ0v) is 8.05. The molecule has 4 atom stereocenters. The average Bonchev–Trinajstić information content (AvgIpc) is 2.51. The highest BCUT2D eigenvalue weighted by atomic mass is 16.3. The monoisotopic (exact) mass is 180 g/mol. The summed E-state index contributed by atoms with van der Waals surface area (Å²) in [6.45, 7) is 2.22. The molecular formula is C11H16O2. The van der Waals surface area contributed by atoms with Crippen LogP contribution in [0.3, 0.4) is 0 Å². The van der Waals surface area contributed by atoms with E-state index in [0.717, 1.165) is 25.7 Å². The van der Waals surface area contributed by atoms with E-state index in [4.69, 9.17) is 0 Å². The second kappa shape index (κ2) is 2.00. The Labute approximate surface area is 78.3 Å². The van der Waals surface area contributed by atoms with Crippen LogP contribution in [0.5, 0.6) is 0 Å². The predicted molar refractivity (Wildman–Crippen MR) is 48.1 cm³/mol. The van der Waals surface area contributed by atoms with E-state index in [1.807, 2.05) is 0 Å². The minimum absolute atomic E-state index is 0.168. The highest BCUT2D eigenvalue weighted by Gasteiger charge is 2.77. The molecule has 2 heteroatoms. The fourth-order valence-corrected chi connectivity index (χ4v) is 4.32. The number of Topliss-reactive ketones (excluding diaryl/α,β-unsaturated/α-hetero) is 1. The van der Waals surface area contributed by atoms with Gasteiger partial charge < -0.3 is 5.11 Å². The van der Waals surface area contributed by atoms with Crippen molar-refractivity contribution < 1.29 is 9.90 Å². The van der Waals surface area contributed by atoms with E-state index in [1.165, 1.54) is 6.42 Å². The molecule has 2 bridgehead atoms. The first kappa shape index (κ1) is 7.98. The van der Waals surface area contributed by atoms with Crippen LogP contribution >= 0.6 is 0 Å². The number of carbonyl (C=O) groups is 1. The summed E-state index contributed by atoms with van der Waals surface area (Å²) in [6, 6.07) is 0. The average molecular weight is 180 g/mol. The first-order valence-electron chi connectivity index (χ1n) is 5.35. The van der Waals surface area contributed by atoms with Crippen molar-refractivity contribution in [2.45, 2.75) is 45.1 Å². The van der Waals surface area contributed by atoms with Crippen molar-refractivity contribution in [3.63, 3.8) is 0 Å². The largest absolute Gasteiger partial charge is 0.392 e. The highest BCUT2D eigenvalue weighted by molar-refractivity contribution is 5.98. The second-order valence-corrected chi connectivity index (χ2v) is 5.26. The Bertz CT molecular complexity index is 286. The van der Waals surface area contributed by atoms with Gasteiger partial charge in [0.15, 0.2) is 0 Å². The molecule has 4 aliphatic carbocycles. The summed E-state index contributed by atoms with van der Waals surface area (Å²) in [5.41, 5.74) is -0.127. The standard InChI is InChI=1S/C11H16O2/c1-10-4-2-3-5-11(10)8(12)6-7(10)9(11)13/h7-8,12H,2-6H2,1H3/t7-,8+,10+,11+/m0/s1. The van der Waals surface area contributed by atoms with Crippen LogP contribution < -0.4 is 0 Å². The molecule has 4 saturated carbocycles. The lowest BCUT2D eigenvalue weighted by Crippen LogP contribution is -2.62. The highest BCUT2D eigenvalue weighted by Crippen LogP contribution is 2.73. The van der Waals surface area contributed by atoms with Crippen LogP contribution in [0.2, 0.25) is 0 Å². The molecule has 4 rings (SSSR count). The molecule has 0 saturated heterocycles. The van der Waals surface area contributed by atoms with Crippen LogP contribution in [0.1, 0.15) is 39.0 Å². The molecule has 0 aromatic carbocycles. The molecular weight excluding hydrogens is 164 g/mol. The van der Waals surface area contributed by atoms with Crippen LogP contribution in [0.15, 0.2) is 0 Å². The normalized spacial score (nSPS) is 58.8. The zero-order valence-electron chi connectivity index (χ0n) is 8.05. The number of carbonyl (C=O) groups excluding carboxylic acids is 1. The summed E-state index contributed by atoms with van der Waals surface area (Å²) in [6.07, 6.45) is 4.89. The molecule has 0 heterocycles. The zero-order chi connectivity index (χ0) is 9.27. The molecule has 0 aliphatic heterocycles. The molecule has 0 amide bonds. The van der Waals surface area contributed by atoms with Gasteiger partial charge in [-0.2, -0.15) is 0 Å². The molecule has 0 aromatic heterocycles. The van der Waals surface area contributed by atoms with Crippen molar-refractivity contribution in [2.75, 3.05) is 0 Å². The van der Waals surface area contributed by atoms with E-state index in [2.05, 4.69) is 6.92 Å². The van der Waals surface area contributed by atoms with Gasteiger partial charge in [-0.1, -0.05) is 19.8 Å². The number of aliphatic hydroxyl groups excluding tert-OH is 1. The van der Waals surface area contributed by atoms with E-state index < -0.39 is 0 Å². The Hall–Kier alpha value is -0.370. The second-order valence-electron chi connectivity index (χ2n) is 5.26. The summed E-state index contributed by atoms with van der Waals surface area (Å²) in [7, 11) is 0. The molecule has 1 N–H and O–H groups in total. The third-order valence-corrected chi connectivity index (χ3v) is 5.09. The lowest BCUT2D eigenvalue weighted by atomic mass is 9.43. The Balaban J connectivity index is 2.10. The lowest BCUT2D eigenvalue weighted by Gasteiger charge is -2.58. The number of aliphatic hydroxyl groups is 1. The van der Waals surface area contributed by atoms with Gasteiger partial charge in [0.25, 0.3) is 0 Å². The van der Waals surface area contributed by atoms with Gasteiger partial charge in [-0.15, -0.1) is 0 Å². The summed E-state index contributed by atoms with van der Waals surface area (Å²) in [5, 5.41) is 9.94. The van der Waals surface area contributed by atoms with Gasteiger partial charge in [-0.25, -0.2) is 0 Å². The number of ketones is 1. The lowest BCUT2D eigenvalue weighted by molar-refractivity contribution is -0.176. The maximum absolute atomic E-state index is 11.8. The van der Waals surface area contributed by atoms with Crippen molar-refractivity contribution in [3.05, 3.63) is 0 Å². The molecule has 13 heavy (non-hydrogen) atoms. The Morgan fingerprint density at radius 2 is 2.08 bits per heavy atom. The Kier molecular flexibility index (Phi) is 1.23. The third kappa shape index (κ3) is 0.567.